The molecule has 2 heterocycles. The smallest absolute Gasteiger partial charge is 0.191 e. The molecule has 19 heavy (non-hydrogen) atoms. The van der Waals surface area contributed by atoms with Gasteiger partial charge in [-0.2, -0.15) is 11.8 Å². The zero-order valence-electron chi connectivity index (χ0n) is 11.6. The van der Waals surface area contributed by atoms with Crippen molar-refractivity contribution in [3.63, 3.8) is 0 Å². The summed E-state index contributed by atoms with van der Waals surface area (Å²) in [6, 6.07) is 0. The Bertz CT molecular complexity index is 411. The number of thiazole rings is 1. The van der Waals surface area contributed by atoms with Crippen LogP contribution in [0.1, 0.15) is 30.3 Å². The van der Waals surface area contributed by atoms with E-state index in [2.05, 4.69) is 39.3 Å². The van der Waals surface area contributed by atoms with E-state index in [4.69, 9.17) is 0 Å². The molecule has 2 N–H and O–H groups in total. The fraction of sp³-hybridized carbons (Fsp3) is 0.692. The van der Waals surface area contributed by atoms with E-state index in [-0.39, 0.29) is 0 Å². The van der Waals surface area contributed by atoms with Crippen LogP contribution in [0.4, 0.5) is 0 Å². The molecule has 0 bridgehead atoms. The Balaban J connectivity index is 1.85. The largest absolute Gasteiger partial charge is 0.357 e. The predicted molar refractivity (Wildman–Crippen MR) is 85.1 cm³/mol. The molecule has 6 heteroatoms. The first kappa shape index (κ1) is 14.7. The van der Waals surface area contributed by atoms with Crippen molar-refractivity contribution < 1.29 is 0 Å². The van der Waals surface area contributed by atoms with E-state index in [0.717, 1.165) is 30.0 Å². The van der Waals surface area contributed by atoms with Gasteiger partial charge in [0.25, 0.3) is 0 Å². The SMILES string of the molecule is CCNC(=NCc1scnc1C)NCC1CCCS1. The number of nitrogens with zero attached hydrogens (tertiary/aromatic N) is 2. The molecular weight excluding hydrogens is 276 g/mol. The fourth-order valence-electron chi connectivity index (χ4n) is 1.99. The summed E-state index contributed by atoms with van der Waals surface area (Å²) < 4.78 is 0. The minimum atomic E-state index is 0.712. The zero-order chi connectivity index (χ0) is 13.5. The van der Waals surface area contributed by atoms with Gasteiger partial charge in [-0.1, -0.05) is 0 Å². The Morgan fingerprint density at radius 2 is 2.42 bits per heavy atom. The quantitative estimate of drug-likeness (QED) is 0.647. The second-order valence-electron chi connectivity index (χ2n) is 4.57. The van der Waals surface area contributed by atoms with Crippen LogP contribution in [-0.2, 0) is 6.54 Å². The van der Waals surface area contributed by atoms with Crippen molar-refractivity contribution in [2.24, 2.45) is 4.99 Å². The van der Waals surface area contributed by atoms with Crippen molar-refractivity contribution in [2.45, 2.75) is 38.5 Å². The molecule has 1 aromatic rings. The number of aryl methyl sites for hydroxylation is 1. The monoisotopic (exact) mass is 298 g/mol. The van der Waals surface area contributed by atoms with Crippen molar-refractivity contribution in [3.8, 4) is 0 Å². The molecule has 1 aromatic heterocycles. The average Bonchev–Trinajstić information content (AvgIpc) is 3.04. The first-order valence-electron chi connectivity index (χ1n) is 6.82. The maximum atomic E-state index is 4.63. The topological polar surface area (TPSA) is 49.3 Å². The van der Waals surface area contributed by atoms with Crippen LogP contribution in [0.5, 0.6) is 0 Å². The molecule has 1 unspecified atom stereocenters. The second kappa shape index (κ2) is 7.75. The Labute approximate surface area is 123 Å². The van der Waals surface area contributed by atoms with Gasteiger partial charge in [0.1, 0.15) is 0 Å². The van der Waals surface area contributed by atoms with Crippen molar-refractivity contribution in [1.82, 2.24) is 15.6 Å². The number of nitrogens with one attached hydrogen (secondary N) is 2. The summed E-state index contributed by atoms with van der Waals surface area (Å²) in [5.41, 5.74) is 2.98. The summed E-state index contributed by atoms with van der Waals surface area (Å²) in [7, 11) is 0. The van der Waals surface area contributed by atoms with Gasteiger partial charge in [-0.25, -0.2) is 9.98 Å². The summed E-state index contributed by atoms with van der Waals surface area (Å²) in [4.78, 5) is 10.1. The summed E-state index contributed by atoms with van der Waals surface area (Å²) >= 11 is 3.74. The lowest BCUT2D eigenvalue weighted by Crippen LogP contribution is -2.40. The van der Waals surface area contributed by atoms with Crippen molar-refractivity contribution in [2.75, 3.05) is 18.8 Å². The van der Waals surface area contributed by atoms with Crippen LogP contribution in [0.15, 0.2) is 10.5 Å². The van der Waals surface area contributed by atoms with Crippen LogP contribution in [0.2, 0.25) is 0 Å². The van der Waals surface area contributed by atoms with Gasteiger partial charge in [0, 0.05) is 23.2 Å². The number of guanidine groups is 1. The maximum absolute atomic E-state index is 4.63. The highest BCUT2D eigenvalue weighted by atomic mass is 32.2. The number of hydrogen-bond donors (Lipinski definition) is 2. The molecule has 1 fully saturated rings. The molecular formula is C13H22N4S2. The average molecular weight is 298 g/mol. The van der Waals surface area contributed by atoms with Gasteiger partial charge in [-0.05, 0) is 32.4 Å². The summed E-state index contributed by atoms with van der Waals surface area (Å²) in [6.07, 6.45) is 2.68. The molecule has 0 aromatic carbocycles. The number of aliphatic imine (C=N–C) groups is 1. The Hall–Kier alpha value is -0.750. The lowest BCUT2D eigenvalue weighted by atomic mass is 10.2. The molecule has 4 nitrogen and oxygen atoms in total. The third-order valence-corrected chi connectivity index (χ3v) is 5.41. The summed E-state index contributed by atoms with van der Waals surface area (Å²) in [6.45, 7) is 6.75. The highest BCUT2D eigenvalue weighted by Gasteiger charge is 2.15. The van der Waals surface area contributed by atoms with Crippen LogP contribution in [0.3, 0.4) is 0 Å². The van der Waals surface area contributed by atoms with E-state index < -0.39 is 0 Å². The Kier molecular flexibility index (Phi) is 5.97. The van der Waals surface area contributed by atoms with E-state index in [9.17, 15) is 0 Å². The molecule has 1 aliphatic heterocycles. The summed E-state index contributed by atoms with van der Waals surface area (Å²) in [5.74, 6) is 2.22. The van der Waals surface area contributed by atoms with E-state index in [0.29, 0.717) is 6.54 Å². The van der Waals surface area contributed by atoms with Crippen molar-refractivity contribution >= 4 is 29.1 Å². The molecule has 2 rings (SSSR count). The lowest BCUT2D eigenvalue weighted by molar-refractivity contribution is 0.727. The van der Waals surface area contributed by atoms with E-state index in [1.165, 1.54) is 23.5 Å². The molecule has 0 aliphatic carbocycles. The first-order valence-corrected chi connectivity index (χ1v) is 8.75. The lowest BCUT2D eigenvalue weighted by Gasteiger charge is -2.14. The molecule has 0 amide bonds. The molecule has 1 atom stereocenters. The van der Waals surface area contributed by atoms with Gasteiger partial charge < -0.3 is 10.6 Å². The molecule has 0 spiro atoms. The Morgan fingerprint density at radius 1 is 1.53 bits per heavy atom. The zero-order valence-corrected chi connectivity index (χ0v) is 13.2. The predicted octanol–water partition coefficient (Wildman–Crippen LogP) is 2.40. The van der Waals surface area contributed by atoms with Crippen LogP contribution in [0, 0.1) is 6.92 Å². The van der Waals surface area contributed by atoms with Gasteiger partial charge in [-0.15, -0.1) is 11.3 Å². The highest BCUT2D eigenvalue weighted by molar-refractivity contribution is 8.00. The number of thioether (sulfide) groups is 1. The standard InChI is InChI=1S/C13H22N4S2/c1-3-14-13(15-7-11-5-4-6-18-11)16-8-12-10(2)17-9-19-12/h9,11H,3-8H2,1-2H3,(H2,14,15,16). The normalized spacial score (nSPS) is 19.7. The number of hydrogen-bond acceptors (Lipinski definition) is 4. The Morgan fingerprint density at radius 3 is 3.05 bits per heavy atom. The van der Waals surface area contributed by atoms with Gasteiger partial charge in [0.2, 0.25) is 0 Å². The molecule has 0 radical (unpaired) electrons. The second-order valence-corrected chi connectivity index (χ2v) is 6.92. The molecule has 0 saturated carbocycles. The minimum Gasteiger partial charge on any atom is -0.357 e. The summed E-state index contributed by atoms with van der Waals surface area (Å²) in [5, 5.41) is 7.49. The highest BCUT2D eigenvalue weighted by Crippen LogP contribution is 2.25. The van der Waals surface area contributed by atoms with Gasteiger partial charge >= 0.3 is 0 Å². The maximum Gasteiger partial charge on any atom is 0.191 e. The van der Waals surface area contributed by atoms with Gasteiger partial charge in [-0.3, -0.25) is 0 Å². The van der Waals surface area contributed by atoms with E-state index in [1.807, 2.05) is 12.4 Å². The van der Waals surface area contributed by atoms with Gasteiger partial charge in [0.05, 0.1) is 17.7 Å². The van der Waals surface area contributed by atoms with E-state index in [1.54, 1.807) is 11.3 Å². The van der Waals surface area contributed by atoms with Crippen molar-refractivity contribution in [1.29, 1.82) is 0 Å². The van der Waals surface area contributed by atoms with Crippen LogP contribution in [0.25, 0.3) is 0 Å². The van der Waals surface area contributed by atoms with Crippen LogP contribution < -0.4 is 10.6 Å². The van der Waals surface area contributed by atoms with E-state index >= 15 is 0 Å². The first-order chi connectivity index (χ1) is 9.29. The number of aromatic nitrogens is 1. The minimum absolute atomic E-state index is 0.712. The van der Waals surface area contributed by atoms with Crippen molar-refractivity contribution in [3.05, 3.63) is 16.1 Å². The third-order valence-electron chi connectivity index (χ3n) is 3.09. The third kappa shape index (κ3) is 4.69. The fourth-order valence-corrected chi connectivity index (χ4v) is 3.89. The molecule has 1 saturated heterocycles. The molecule has 1 aliphatic rings. The molecule has 106 valence electrons. The van der Waals surface area contributed by atoms with Gasteiger partial charge in [0.15, 0.2) is 5.96 Å². The number of rotatable bonds is 5. The van der Waals surface area contributed by atoms with Crippen LogP contribution >= 0.6 is 23.1 Å². The van der Waals surface area contributed by atoms with Crippen LogP contribution in [-0.4, -0.2) is 35.0 Å².